The molecule has 1 N–H and O–H groups in total. The lowest BCUT2D eigenvalue weighted by molar-refractivity contribution is 0.190. The van der Waals surface area contributed by atoms with Crippen LogP contribution in [0.1, 0.15) is 38.2 Å². The van der Waals surface area contributed by atoms with Crippen LogP contribution < -0.4 is 19.9 Å². The molecule has 1 unspecified atom stereocenters. The summed E-state index contributed by atoms with van der Waals surface area (Å²) in [6, 6.07) is 15.3. The van der Waals surface area contributed by atoms with Crippen LogP contribution in [0.15, 0.2) is 53.3 Å². The highest BCUT2D eigenvalue weighted by Crippen LogP contribution is 2.33. The van der Waals surface area contributed by atoms with Gasteiger partial charge in [0.25, 0.3) is 5.56 Å². The molecule has 0 bridgehead atoms. The Bertz CT molecular complexity index is 1450. The number of pyridine rings is 1. The number of aromatic amines is 1. The minimum atomic E-state index is -0.413. The van der Waals surface area contributed by atoms with E-state index in [1.54, 1.807) is 14.2 Å². The first kappa shape index (κ1) is 24.8. The lowest BCUT2D eigenvalue weighted by Crippen LogP contribution is -2.49. The molecule has 2 aromatic carbocycles. The summed E-state index contributed by atoms with van der Waals surface area (Å²) in [5.41, 5.74) is 1.89. The quantitative estimate of drug-likeness (QED) is 0.428. The van der Waals surface area contributed by atoms with Crippen molar-refractivity contribution in [1.82, 2.24) is 30.1 Å². The van der Waals surface area contributed by atoms with Gasteiger partial charge < -0.3 is 19.4 Å². The lowest BCUT2D eigenvalue weighted by atomic mass is 10.0. The number of nitrogens with one attached hydrogen (secondary N) is 1. The molecule has 10 nitrogen and oxygen atoms in total. The van der Waals surface area contributed by atoms with E-state index in [2.05, 4.69) is 57.1 Å². The lowest BCUT2D eigenvalue weighted by Gasteiger charge is -2.40. The van der Waals surface area contributed by atoms with Gasteiger partial charge in [-0.2, -0.15) is 0 Å². The minimum Gasteiger partial charge on any atom is -0.497 e. The molecule has 0 saturated carbocycles. The van der Waals surface area contributed by atoms with E-state index in [-0.39, 0.29) is 11.1 Å². The molecule has 2 aromatic heterocycles. The molecular formula is C27H33N7O3. The number of hydrogen-bond acceptors (Lipinski definition) is 8. The van der Waals surface area contributed by atoms with Gasteiger partial charge in [0.2, 0.25) is 0 Å². The first-order valence-corrected chi connectivity index (χ1v) is 12.4. The van der Waals surface area contributed by atoms with Crippen LogP contribution in [-0.2, 0) is 5.54 Å². The van der Waals surface area contributed by atoms with Crippen molar-refractivity contribution in [3.8, 4) is 11.5 Å². The predicted molar refractivity (Wildman–Crippen MR) is 143 cm³/mol. The molecule has 1 aliphatic heterocycles. The second-order valence-corrected chi connectivity index (χ2v) is 10.2. The first-order chi connectivity index (χ1) is 17.8. The molecular weight excluding hydrogens is 470 g/mol. The van der Waals surface area contributed by atoms with E-state index >= 15 is 0 Å². The number of ether oxygens (including phenoxy) is 2. The summed E-state index contributed by atoms with van der Waals surface area (Å²) < 4.78 is 12.7. The van der Waals surface area contributed by atoms with Crippen molar-refractivity contribution in [3.63, 3.8) is 0 Å². The number of H-pyrrole nitrogens is 1. The van der Waals surface area contributed by atoms with Gasteiger partial charge in [-0.05, 0) is 66.9 Å². The summed E-state index contributed by atoms with van der Waals surface area (Å²) >= 11 is 0. The van der Waals surface area contributed by atoms with Crippen molar-refractivity contribution < 1.29 is 9.47 Å². The van der Waals surface area contributed by atoms with Crippen molar-refractivity contribution >= 4 is 16.6 Å². The van der Waals surface area contributed by atoms with Gasteiger partial charge in [0.05, 0.1) is 31.0 Å². The van der Waals surface area contributed by atoms with Gasteiger partial charge in [0, 0.05) is 37.8 Å². The Morgan fingerprint density at radius 3 is 2.43 bits per heavy atom. The summed E-state index contributed by atoms with van der Waals surface area (Å²) in [6.07, 6.45) is 0. The van der Waals surface area contributed by atoms with Gasteiger partial charge in [-0.15, -0.1) is 5.10 Å². The minimum absolute atomic E-state index is 0.165. The number of hydrogen-bond donors (Lipinski definition) is 1. The number of fused-ring (bicyclic) bond motifs is 1. The Morgan fingerprint density at radius 2 is 1.73 bits per heavy atom. The Balaban J connectivity index is 1.55. The highest BCUT2D eigenvalue weighted by Gasteiger charge is 2.35. The molecule has 3 heterocycles. The highest BCUT2D eigenvalue weighted by atomic mass is 16.5. The zero-order valence-corrected chi connectivity index (χ0v) is 21.9. The smallest absolute Gasteiger partial charge is 0.253 e. The second-order valence-electron chi connectivity index (χ2n) is 10.2. The van der Waals surface area contributed by atoms with Gasteiger partial charge in [0.15, 0.2) is 5.82 Å². The molecule has 0 aliphatic carbocycles. The number of benzene rings is 2. The standard InChI is InChI=1S/C27H33N7O3/c1-27(2,3)34-25(29-30-31-34)24(20-16-18-10-11-19(36-4)17-21(18)28-26(20)35)33-14-12-32(13-15-33)22-8-6-7-9-23(22)37-5/h6-11,16-17,24H,12-15H2,1-5H3,(H,28,35). The monoisotopic (exact) mass is 503 g/mol. The van der Waals surface area contributed by atoms with Crippen LogP contribution in [0.3, 0.4) is 0 Å². The van der Waals surface area contributed by atoms with Crippen molar-refractivity contribution in [1.29, 1.82) is 0 Å². The van der Waals surface area contributed by atoms with Crippen LogP contribution in [0, 0.1) is 0 Å². The van der Waals surface area contributed by atoms with E-state index < -0.39 is 6.04 Å². The van der Waals surface area contributed by atoms with Crippen LogP contribution >= 0.6 is 0 Å². The number of tetrazole rings is 1. The molecule has 4 aromatic rings. The maximum atomic E-state index is 13.5. The average molecular weight is 504 g/mol. The molecule has 0 spiro atoms. The highest BCUT2D eigenvalue weighted by molar-refractivity contribution is 5.80. The third-order valence-electron chi connectivity index (χ3n) is 6.86. The van der Waals surface area contributed by atoms with Crippen LogP contribution in [0.2, 0.25) is 0 Å². The number of piperazine rings is 1. The number of aromatic nitrogens is 5. The number of methoxy groups -OCH3 is 2. The van der Waals surface area contributed by atoms with Crippen molar-refractivity contribution in [2.45, 2.75) is 32.4 Å². The third kappa shape index (κ3) is 4.76. The molecule has 5 rings (SSSR count). The fourth-order valence-corrected chi connectivity index (χ4v) is 4.98. The Hall–Kier alpha value is -3.92. The van der Waals surface area contributed by atoms with E-state index in [4.69, 9.17) is 9.47 Å². The van der Waals surface area contributed by atoms with Crippen molar-refractivity contribution in [3.05, 3.63) is 70.3 Å². The molecule has 0 radical (unpaired) electrons. The maximum Gasteiger partial charge on any atom is 0.253 e. The molecule has 0 amide bonds. The summed E-state index contributed by atoms with van der Waals surface area (Å²) in [5.74, 6) is 2.19. The summed E-state index contributed by atoms with van der Waals surface area (Å²) in [4.78, 5) is 21.2. The van der Waals surface area contributed by atoms with E-state index in [0.717, 1.165) is 48.5 Å². The van der Waals surface area contributed by atoms with Gasteiger partial charge >= 0.3 is 0 Å². The number of para-hydroxylation sites is 2. The van der Waals surface area contributed by atoms with Crippen molar-refractivity contribution in [2.24, 2.45) is 0 Å². The zero-order valence-electron chi connectivity index (χ0n) is 21.9. The van der Waals surface area contributed by atoms with Gasteiger partial charge in [-0.1, -0.05) is 12.1 Å². The zero-order chi connectivity index (χ0) is 26.2. The summed E-state index contributed by atoms with van der Waals surface area (Å²) in [5, 5.41) is 13.7. The van der Waals surface area contributed by atoms with Gasteiger partial charge in [0.1, 0.15) is 17.5 Å². The Labute approximate surface area is 215 Å². The normalized spacial score (nSPS) is 15.6. The fraction of sp³-hybridized carbons (Fsp3) is 0.407. The number of nitrogens with zero attached hydrogens (tertiary/aromatic N) is 6. The number of rotatable bonds is 6. The average Bonchev–Trinajstić information content (AvgIpc) is 3.39. The van der Waals surface area contributed by atoms with Gasteiger partial charge in [-0.25, -0.2) is 4.68 Å². The molecule has 37 heavy (non-hydrogen) atoms. The molecule has 10 heteroatoms. The fourth-order valence-electron chi connectivity index (χ4n) is 4.98. The SMILES string of the molecule is COc1ccc2cc(C(c3nnnn3C(C)(C)C)N3CCN(c4ccccc4OC)CC3)c(=O)[nH]c2c1. The van der Waals surface area contributed by atoms with Crippen molar-refractivity contribution in [2.75, 3.05) is 45.3 Å². The first-order valence-electron chi connectivity index (χ1n) is 12.4. The van der Waals surface area contributed by atoms with Crippen LogP contribution in [0.4, 0.5) is 5.69 Å². The summed E-state index contributed by atoms with van der Waals surface area (Å²) in [6.45, 7) is 9.16. The van der Waals surface area contributed by atoms with E-state index in [1.807, 2.05) is 47.1 Å². The Morgan fingerprint density at radius 1 is 0.973 bits per heavy atom. The van der Waals surface area contributed by atoms with E-state index in [1.165, 1.54) is 0 Å². The van der Waals surface area contributed by atoms with Crippen LogP contribution in [0.5, 0.6) is 11.5 Å². The number of anilines is 1. The second kappa shape index (κ2) is 9.85. The molecule has 1 aliphatic rings. The maximum absolute atomic E-state index is 13.5. The molecule has 1 saturated heterocycles. The van der Waals surface area contributed by atoms with E-state index in [0.29, 0.717) is 17.1 Å². The molecule has 1 fully saturated rings. The summed E-state index contributed by atoms with van der Waals surface area (Å²) in [7, 11) is 3.31. The van der Waals surface area contributed by atoms with Crippen LogP contribution in [-0.4, -0.2) is 70.5 Å². The van der Waals surface area contributed by atoms with Crippen LogP contribution in [0.25, 0.3) is 10.9 Å². The topological polar surface area (TPSA) is 101 Å². The predicted octanol–water partition coefficient (Wildman–Crippen LogP) is 3.20. The largest absolute Gasteiger partial charge is 0.497 e. The molecule has 1 atom stereocenters. The molecule has 194 valence electrons. The Kier molecular flexibility index (Phi) is 6.59. The van der Waals surface area contributed by atoms with Gasteiger partial charge in [-0.3, -0.25) is 9.69 Å². The third-order valence-corrected chi connectivity index (χ3v) is 6.86. The van der Waals surface area contributed by atoms with E-state index in [9.17, 15) is 4.79 Å².